The largest absolute Gasteiger partial charge is 0.325 e. The second-order valence-electron chi connectivity index (χ2n) is 4.09. The minimum absolute atomic E-state index is 0.0408. The molecule has 1 aromatic carbocycles. The number of nitrogens with one attached hydrogen (secondary N) is 1. The highest BCUT2D eigenvalue weighted by atomic mass is 79.9. The van der Waals surface area contributed by atoms with Crippen molar-refractivity contribution >= 4 is 39.1 Å². The molecule has 0 aromatic heterocycles. The van der Waals surface area contributed by atoms with Crippen molar-refractivity contribution in [3.63, 3.8) is 0 Å². The van der Waals surface area contributed by atoms with Crippen molar-refractivity contribution in [1.82, 2.24) is 0 Å². The number of hydrogen-bond acceptors (Lipinski definition) is 1. The Hall–Kier alpha value is -0.540. The molecule has 17 heavy (non-hydrogen) atoms. The molecular weight excluding hydrogens is 302 g/mol. The number of benzene rings is 1. The third kappa shape index (κ3) is 4.68. The Morgan fingerprint density at radius 3 is 2.76 bits per heavy atom. The van der Waals surface area contributed by atoms with E-state index in [-0.39, 0.29) is 5.91 Å². The first-order valence-corrected chi connectivity index (χ1v) is 6.97. The van der Waals surface area contributed by atoms with Gasteiger partial charge in [-0.2, -0.15) is 0 Å². The van der Waals surface area contributed by atoms with Crippen LogP contribution in [0.2, 0.25) is 5.02 Å². The van der Waals surface area contributed by atoms with Crippen LogP contribution in [-0.2, 0) is 4.79 Å². The molecule has 0 aliphatic carbocycles. The molecule has 0 saturated carbocycles. The minimum atomic E-state index is 0.0408. The number of aryl methyl sites for hydroxylation is 1. The van der Waals surface area contributed by atoms with Crippen LogP contribution in [-0.4, -0.2) is 5.91 Å². The fourth-order valence-corrected chi connectivity index (χ4v) is 2.21. The van der Waals surface area contributed by atoms with E-state index in [0.717, 1.165) is 35.0 Å². The van der Waals surface area contributed by atoms with E-state index in [4.69, 9.17) is 11.6 Å². The van der Waals surface area contributed by atoms with Gasteiger partial charge in [0.05, 0.1) is 5.69 Å². The molecule has 1 rings (SSSR count). The zero-order valence-electron chi connectivity index (χ0n) is 10.1. The molecule has 0 spiro atoms. The first-order valence-electron chi connectivity index (χ1n) is 5.80. The average molecular weight is 319 g/mol. The van der Waals surface area contributed by atoms with E-state index in [1.165, 1.54) is 0 Å². The molecule has 0 saturated heterocycles. The zero-order valence-corrected chi connectivity index (χ0v) is 12.5. The summed E-state index contributed by atoms with van der Waals surface area (Å²) in [5, 5.41) is 3.53. The number of carbonyl (C=O) groups is 1. The fourth-order valence-electron chi connectivity index (χ4n) is 1.49. The Kier molecular flexibility index (Phi) is 6.00. The SMILES string of the molecule is CCCCCC(=O)Nc1cc(Cl)c(C)cc1Br. The van der Waals surface area contributed by atoms with Gasteiger partial charge in [0, 0.05) is 15.9 Å². The van der Waals surface area contributed by atoms with Gasteiger partial charge in [0.2, 0.25) is 5.91 Å². The molecule has 4 heteroatoms. The van der Waals surface area contributed by atoms with Gasteiger partial charge in [-0.1, -0.05) is 31.4 Å². The maximum atomic E-state index is 11.7. The van der Waals surface area contributed by atoms with Crippen molar-refractivity contribution in [3.05, 3.63) is 27.2 Å². The highest BCUT2D eigenvalue weighted by Gasteiger charge is 2.07. The molecule has 0 aliphatic heterocycles. The Morgan fingerprint density at radius 1 is 1.41 bits per heavy atom. The van der Waals surface area contributed by atoms with Gasteiger partial charge in [0.25, 0.3) is 0 Å². The lowest BCUT2D eigenvalue weighted by atomic mass is 10.2. The summed E-state index contributed by atoms with van der Waals surface area (Å²) < 4.78 is 0.864. The zero-order chi connectivity index (χ0) is 12.8. The van der Waals surface area contributed by atoms with Crippen molar-refractivity contribution in [2.24, 2.45) is 0 Å². The Balaban J connectivity index is 2.62. The topological polar surface area (TPSA) is 29.1 Å². The number of unbranched alkanes of at least 4 members (excludes halogenated alkanes) is 2. The van der Waals surface area contributed by atoms with Gasteiger partial charge < -0.3 is 5.32 Å². The quantitative estimate of drug-likeness (QED) is 0.766. The standard InChI is InChI=1S/C13H17BrClNO/c1-3-4-5-6-13(17)16-12-8-11(15)9(2)7-10(12)14/h7-8H,3-6H2,1-2H3,(H,16,17). The lowest BCUT2D eigenvalue weighted by Gasteiger charge is -2.09. The van der Waals surface area contributed by atoms with E-state index in [1.807, 2.05) is 13.0 Å². The summed E-state index contributed by atoms with van der Waals surface area (Å²) in [5.41, 5.74) is 1.73. The molecule has 0 heterocycles. The number of anilines is 1. The minimum Gasteiger partial charge on any atom is -0.325 e. The van der Waals surface area contributed by atoms with Crippen molar-refractivity contribution in [2.75, 3.05) is 5.32 Å². The smallest absolute Gasteiger partial charge is 0.224 e. The van der Waals surface area contributed by atoms with Crippen LogP contribution in [0.5, 0.6) is 0 Å². The van der Waals surface area contributed by atoms with Crippen molar-refractivity contribution < 1.29 is 4.79 Å². The summed E-state index contributed by atoms with van der Waals surface area (Å²) >= 11 is 9.44. The van der Waals surface area contributed by atoms with E-state index in [9.17, 15) is 4.79 Å². The first kappa shape index (κ1) is 14.5. The van der Waals surface area contributed by atoms with Crippen LogP contribution in [0.25, 0.3) is 0 Å². The fraction of sp³-hybridized carbons (Fsp3) is 0.462. The molecular formula is C13H17BrClNO. The second kappa shape index (κ2) is 7.02. The molecule has 1 amide bonds. The Morgan fingerprint density at radius 2 is 2.12 bits per heavy atom. The Bertz CT molecular complexity index is 407. The summed E-state index contributed by atoms with van der Waals surface area (Å²) in [6.07, 6.45) is 3.70. The third-order valence-corrected chi connectivity index (χ3v) is 3.59. The molecule has 0 aliphatic rings. The monoisotopic (exact) mass is 317 g/mol. The molecule has 0 unspecified atom stereocenters. The van der Waals surface area contributed by atoms with Crippen molar-refractivity contribution in [1.29, 1.82) is 0 Å². The molecule has 0 bridgehead atoms. The summed E-state index contributed by atoms with van der Waals surface area (Å²) in [6.45, 7) is 4.05. The van der Waals surface area contributed by atoms with E-state index >= 15 is 0 Å². The van der Waals surface area contributed by atoms with Crippen LogP contribution in [0.3, 0.4) is 0 Å². The predicted molar refractivity (Wildman–Crippen MR) is 76.7 cm³/mol. The van der Waals surface area contributed by atoms with Crippen LogP contribution < -0.4 is 5.32 Å². The van der Waals surface area contributed by atoms with E-state index in [0.29, 0.717) is 11.4 Å². The van der Waals surface area contributed by atoms with Crippen LogP contribution in [0.4, 0.5) is 5.69 Å². The van der Waals surface area contributed by atoms with E-state index < -0.39 is 0 Å². The lowest BCUT2D eigenvalue weighted by molar-refractivity contribution is -0.116. The molecule has 1 N–H and O–H groups in total. The normalized spacial score (nSPS) is 10.4. The number of rotatable bonds is 5. The van der Waals surface area contributed by atoms with E-state index in [2.05, 4.69) is 28.2 Å². The van der Waals surface area contributed by atoms with Crippen LogP contribution >= 0.6 is 27.5 Å². The van der Waals surface area contributed by atoms with Gasteiger partial charge in [-0.15, -0.1) is 0 Å². The maximum absolute atomic E-state index is 11.7. The summed E-state index contributed by atoms with van der Waals surface area (Å²) in [7, 11) is 0. The third-order valence-electron chi connectivity index (χ3n) is 2.53. The second-order valence-corrected chi connectivity index (χ2v) is 5.35. The summed E-state index contributed by atoms with van der Waals surface area (Å²) in [4.78, 5) is 11.7. The van der Waals surface area contributed by atoms with Crippen LogP contribution in [0.15, 0.2) is 16.6 Å². The lowest BCUT2D eigenvalue weighted by Crippen LogP contribution is -2.11. The molecule has 94 valence electrons. The summed E-state index contributed by atoms with van der Waals surface area (Å²) in [6, 6.07) is 3.68. The molecule has 0 radical (unpaired) electrons. The van der Waals surface area contributed by atoms with Gasteiger partial charge in [-0.05, 0) is 47.0 Å². The first-order chi connectivity index (χ1) is 8.04. The Labute approximate surface area is 116 Å². The van der Waals surface area contributed by atoms with Gasteiger partial charge in [-0.25, -0.2) is 0 Å². The number of amides is 1. The van der Waals surface area contributed by atoms with Gasteiger partial charge >= 0.3 is 0 Å². The highest BCUT2D eigenvalue weighted by molar-refractivity contribution is 9.10. The van der Waals surface area contributed by atoms with Crippen molar-refractivity contribution in [2.45, 2.75) is 39.5 Å². The molecule has 0 atom stereocenters. The molecule has 0 fully saturated rings. The van der Waals surface area contributed by atoms with Gasteiger partial charge in [-0.3, -0.25) is 4.79 Å². The molecule has 1 aromatic rings. The van der Waals surface area contributed by atoms with Crippen LogP contribution in [0.1, 0.15) is 38.2 Å². The highest BCUT2D eigenvalue weighted by Crippen LogP contribution is 2.29. The number of carbonyl (C=O) groups excluding carboxylic acids is 1. The van der Waals surface area contributed by atoms with Gasteiger partial charge in [0.15, 0.2) is 0 Å². The van der Waals surface area contributed by atoms with Crippen LogP contribution in [0, 0.1) is 6.92 Å². The van der Waals surface area contributed by atoms with Crippen molar-refractivity contribution in [3.8, 4) is 0 Å². The number of hydrogen-bond donors (Lipinski definition) is 1. The summed E-state index contributed by atoms with van der Waals surface area (Å²) in [5.74, 6) is 0.0408. The maximum Gasteiger partial charge on any atom is 0.224 e. The predicted octanol–water partition coefficient (Wildman–Crippen LogP) is 4.93. The average Bonchev–Trinajstić information content (AvgIpc) is 2.26. The van der Waals surface area contributed by atoms with E-state index in [1.54, 1.807) is 6.07 Å². The van der Waals surface area contributed by atoms with Gasteiger partial charge in [0.1, 0.15) is 0 Å². The number of halogens is 2. The molecule has 2 nitrogen and oxygen atoms in total.